The molecule has 0 N–H and O–H groups in total. The summed E-state index contributed by atoms with van der Waals surface area (Å²) in [4.78, 5) is 4.35. The minimum atomic E-state index is -4.11. The fraction of sp³-hybridized carbons (Fsp3) is 0.0952. The molecule has 0 radical (unpaired) electrons. The van der Waals surface area contributed by atoms with E-state index < -0.39 is 10.1 Å². The molecule has 3 aromatic rings. The molecule has 0 spiro atoms. The van der Waals surface area contributed by atoms with Gasteiger partial charge in [0, 0.05) is 11.2 Å². The zero-order valence-electron chi connectivity index (χ0n) is 15.5. The van der Waals surface area contributed by atoms with Crippen molar-refractivity contribution in [2.45, 2.75) is 18.7 Å². The fourth-order valence-electron chi connectivity index (χ4n) is 2.45. The van der Waals surface area contributed by atoms with E-state index in [9.17, 15) is 8.42 Å². The number of aliphatic imine (C=N–C) groups is 1. The van der Waals surface area contributed by atoms with Crippen molar-refractivity contribution in [2.24, 2.45) is 4.99 Å². The van der Waals surface area contributed by atoms with Crippen molar-refractivity contribution in [3.63, 3.8) is 0 Å². The van der Waals surface area contributed by atoms with Crippen LogP contribution in [0.25, 0.3) is 0 Å². The predicted octanol–water partition coefficient (Wildman–Crippen LogP) is 6.78. The molecule has 0 aliphatic rings. The molecule has 8 heteroatoms. The zero-order chi connectivity index (χ0) is 21.2. The van der Waals surface area contributed by atoms with E-state index in [1.54, 1.807) is 6.21 Å². The first-order valence-electron chi connectivity index (χ1n) is 8.46. The van der Waals surface area contributed by atoms with Crippen molar-refractivity contribution in [1.82, 2.24) is 0 Å². The van der Waals surface area contributed by atoms with Crippen molar-refractivity contribution in [3.05, 3.63) is 86.4 Å². The Kier molecular flexibility index (Phi) is 6.54. The van der Waals surface area contributed by atoms with Crippen LogP contribution in [-0.4, -0.2) is 14.6 Å². The molecule has 4 nitrogen and oxygen atoms in total. The van der Waals surface area contributed by atoms with Crippen molar-refractivity contribution >= 4 is 56.8 Å². The Morgan fingerprint density at radius 2 is 1.48 bits per heavy atom. The lowest BCUT2D eigenvalue weighted by atomic mass is 10.1. The van der Waals surface area contributed by atoms with Crippen molar-refractivity contribution in [2.75, 3.05) is 0 Å². The van der Waals surface area contributed by atoms with Gasteiger partial charge in [0.1, 0.15) is 4.90 Å². The molecule has 0 saturated carbocycles. The fourth-order valence-corrected chi connectivity index (χ4v) is 4.21. The molecule has 0 saturated heterocycles. The van der Waals surface area contributed by atoms with E-state index >= 15 is 0 Å². The van der Waals surface area contributed by atoms with E-state index in [-0.39, 0.29) is 20.7 Å². The normalized spacial score (nSPS) is 11.8. The lowest BCUT2D eigenvalue weighted by molar-refractivity contribution is 0.486. The van der Waals surface area contributed by atoms with Crippen molar-refractivity contribution < 1.29 is 12.6 Å². The first-order valence-corrected chi connectivity index (χ1v) is 11.0. The maximum atomic E-state index is 12.5. The molecular formula is C21H16Cl3NO3S. The molecule has 0 aliphatic heterocycles. The lowest BCUT2D eigenvalue weighted by Gasteiger charge is -2.11. The summed E-state index contributed by atoms with van der Waals surface area (Å²) < 4.78 is 30.1. The van der Waals surface area contributed by atoms with E-state index in [0.29, 0.717) is 10.6 Å². The summed E-state index contributed by atoms with van der Waals surface area (Å²) >= 11 is 18.2. The van der Waals surface area contributed by atoms with Gasteiger partial charge in [-0.05, 0) is 79.1 Å². The number of halogens is 3. The van der Waals surface area contributed by atoms with E-state index in [4.69, 9.17) is 39.0 Å². The van der Waals surface area contributed by atoms with Crippen LogP contribution in [-0.2, 0) is 10.1 Å². The third-order valence-electron chi connectivity index (χ3n) is 4.17. The SMILES string of the molecule is Cc1ccc(N=Cc2cc(Cl)c(OS(=O)(=O)c3ccc(Cl)cc3)c(Cl)c2)cc1C. The van der Waals surface area contributed by atoms with Gasteiger partial charge in [0.25, 0.3) is 0 Å². The Morgan fingerprint density at radius 3 is 2.07 bits per heavy atom. The molecule has 0 bridgehead atoms. The van der Waals surface area contributed by atoms with Gasteiger partial charge in [-0.1, -0.05) is 40.9 Å². The van der Waals surface area contributed by atoms with Crippen LogP contribution in [0.3, 0.4) is 0 Å². The monoisotopic (exact) mass is 467 g/mol. The van der Waals surface area contributed by atoms with Gasteiger partial charge in [0.15, 0.2) is 5.75 Å². The average Bonchev–Trinajstić information content (AvgIpc) is 2.66. The number of rotatable bonds is 5. The van der Waals surface area contributed by atoms with Gasteiger partial charge in [-0.3, -0.25) is 4.99 Å². The Balaban J connectivity index is 1.86. The van der Waals surface area contributed by atoms with Gasteiger partial charge >= 0.3 is 10.1 Å². The van der Waals surface area contributed by atoms with Gasteiger partial charge in [0.05, 0.1) is 15.7 Å². The standard InChI is InChI=1S/C21H16Cl3NO3S/c1-13-3-6-17(9-14(13)2)25-12-15-10-19(23)21(20(24)11-15)28-29(26,27)18-7-4-16(22)5-8-18/h3-12H,1-2H3. The molecule has 0 atom stereocenters. The molecule has 0 unspecified atom stereocenters. The predicted molar refractivity (Wildman–Crippen MR) is 119 cm³/mol. The van der Waals surface area contributed by atoms with Crippen LogP contribution in [0.2, 0.25) is 15.1 Å². The molecule has 29 heavy (non-hydrogen) atoms. The highest BCUT2D eigenvalue weighted by molar-refractivity contribution is 7.87. The van der Waals surface area contributed by atoms with Crippen LogP contribution in [0.5, 0.6) is 5.75 Å². The van der Waals surface area contributed by atoms with E-state index in [1.165, 1.54) is 42.0 Å². The third kappa shape index (κ3) is 5.31. The first kappa shape index (κ1) is 21.7. The van der Waals surface area contributed by atoms with Crippen LogP contribution in [0.15, 0.2) is 64.5 Å². The van der Waals surface area contributed by atoms with E-state index in [1.807, 2.05) is 32.0 Å². The van der Waals surface area contributed by atoms with Gasteiger partial charge in [-0.15, -0.1) is 0 Å². The first-order chi connectivity index (χ1) is 13.7. The second kappa shape index (κ2) is 8.76. The van der Waals surface area contributed by atoms with E-state index in [2.05, 4.69) is 4.99 Å². The van der Waals surface area contributed by atoms with Crippen LogP contribution < -0.4 is 4.18 Å². The Hall–Kier alpha value is -2.05. The second-order valence-corrected chi connectivity index (χ2v) is 9.13. The molecule has 0 aliphatic carbocycles. The molecule has 0 amide bonds. The summed E-state index contributed by atoms with van der Waals surface area (Å²) in [5.74, 6) is -0.147. The summed E-state index contributed by atoms with van der Waals surface area (Å²) in [6.07, 6.45) is 1.60. The lowest BCUT2D eigenvalue weighted by Crippen LogP contribution is -2.10. The van der Waals surface area contributed by atoms with E-state index in [0.717, 1.165) is 11.3 Å². The molecule has 150 valence electrons. The Morgan fingerprint density at radius 1 is 0.862 bits per heavy atom. The summed E-state index contributed by atoms with van der Waals surface area (Å²) in [5, 5.41) is 0.514. The summed E-state index contributed by atoms with van der Waals surface area (Å²) in [6.45, 7) is 4.04. The second-order valence-electron chi connectivity index (χ2n) is 6.33. The topological polar surface area (TPSA) is 55.7 Å². The summed E-state index contributed by atoms with van der Waals surface area (Å²) in [7, 11) is -4.11. The summed E-state index contributed by atoms with van der Waals surface area (Å²) in [6, 6.07) is 14.5. The molecular weight excluding hydrogens is 453 g/mol. The van der Waals surface area contributed by atoms with Crippen LogP contribution in [0.1, 0.15) is 16.7 Å². The zero-order valence-corrected chi connectivity index (χ0v) is 18.6. The maximum Gasteiger partial charge on any atom is 0.339 e. The van der Waals surface area contributed by atoms with Crippen LogP contribution in [0.4, 0.5) is 5.69 Å². The highest BCUT2D eigenvalue weighted by Crippen LogP contribution is 2.36. The molecule has 3 rings (SSSR count). The van der Waals surface area contributed by atoms with Gasteiger partial charge in [-0.25, -0.2) is 0 Å². The molecule has 0 heterocycles. The quantitative estimate of drug-likeness (QED) is 0.306. The minimum absolute atomic E-state index is 0.0524. The Labute approximate surface area is 184 Å². The maximum absolute atomic E-state index is 12.5. The third-order valence-corrected chi connectivity index (χ3v) is 6.22. The summed E-state index contributed by atoms with van der Waals surface area (Å²) in [5.41, 5.74) is 3.70. The highest BCUT2D eigenvalue weighted by atomic mass is 35.5. The van der Waals surface area contributed by atoms with Gasteiger partial charge < -0.3 is 4.18 Å². The van der Waals surface area contributed by atoms with Gasteiger partial charge in [-0.2, -0.15) is 8.42 Å². The molecule has 3 aromatic carbocycles. The van der Waals surface area contributed by atoms with Crippen LogP contribution >= 0.6 is 34.8 Å². The largest absolute Gasteiger partial charge is 0.376 e. The highest BCUT2D eigenvalue weighted by Gasteiger charge is 2.21. The van der Waals surface area contributed by atoms with Crippen LogP contribution in [0, 0.1) is 13.8 Å². The Bertz CT molecular complexity index is 1170. The number of benzene rings is 3. The number of hydrogen-bond donors (Lipinski definition) is 0. The van der Waals surface area contributed by atoms with Gasteiger partial charge in [0.2, 0.25) is 0 Å². The number of nitrogens with zero attached hydrogens (tertiary/aromatic N) is 1. The minimum Gasteiger partial charge on any atom is -0.376 e. The molecule has 0 aromatic heterocycles. The number of aryl methyl sites for hydroxylation is 2. The molecule has 0 fully saturated rings. The average molecular weight is 469 g/mol. The van der Waals surface area contributed by atoms with Crippen molar-refractivity contribution in [3.8, 4) is 5.75 Å². The van der Waals surface area contributed by atoms with Crippen molar-refractivity contribution in [1.29, 1.82) is 0 Å². The number of hydrogen-bond acceptors (Lipinski definition) is 4. The smallest absolute Gasteiger partial charge is 0.339 e.